The molecule has 0 fully saturated rings. The van der Waals surface area contributed by atoms with Crippen molar-refractivity contribution in [2.45, 2.75) is 12.5 Å². The van der Waals surface area contributed by atoms with E-state index in [0.717, 1.165) is 12.7 Å². The number of pyridine rings is 1. The lowest BCUT2D eigenvalue weighted by Crippen LogP contribution is -2.49. The Hall–Kier alpha value is -1.53. The van der Waals surface area contributed by atoms with E-state index in [1.54, 1.807) is 6.92 Å². The third-order valence-corrected chi connectivity index (χ3v) is 2.87. The number of rotatable bonds is 6. The predicted octanol–water partition coefficient (Wildman–Crippen LogP) is 0.760. The zero-order valence-corrected chi connectivity index (χ0v) is 11.7. The van der Waals surface area contributed by atoms with Crippen LogP contribution in [0.3, 0.4) is 0 Å². The Morgan fingerprint density at radius 3 is 2.68 bits per heavy atom. The van der Waals surface area contributed by atoms with Crippen molar-refractivity contribution in [3.8, 4) is 0 Å². The van der Waals surface area contributed by atoms with Crippen LogP contribution >= 0.6 is 0 Å². The standard InChI is InChI=1S/C13H20FN3O2/c1-13(12(18)19-4,16-7-8-17(2)3)11-6-5-10(14)9-15-11/h5-6,9,16H,7-8H2,1-4H3. The molecule has 0 aliphatic rings. The van der Waals surface area contributed by atoms with E-state index in [0.29, 0.717) is 12.2 Å². The van der Waals surface area contributed by atoms with Gasteiger partial charge in [-0.05, 0) is 33.2 Å². The number of methoxy groups -OCH3 is 1. The smallest absolute Gasteiger partial charge is 0.332 e. The summed E-state index contributed by atoms with van der Waals surface area (Å²) in [6.45, 7) is 3.01. The van der Waals surface area contributed by atoms with Crippen LogP contribution in [-0.2, 0) is 15.1 Å². The number of hydrogen-bond acceptors (Lipinski definition) is 5. The third-order valence-electron chi connectivity index (χ3n) is 2.87. The number of esters is 1. The fraction of sp³-hybridized carbons (Fsp3) is 0.538. The van der Waals surface area contributed by atoms with Crippen molar-refractivity contribution in [3.63, 3.8) is 0 Å². The molecule has 5 nitrogen and oxygen atoms in total. The highest BCUT2D eigenvalue weighted by atomic mass is 19.1. The Balaban J connectivity index is 2.92. The highest BCUT2D eigenvalue weighted by Crippen LogP contribution is 2.20. The van der Waals surface area contributed by atoms with Gasteiger partial charge in [0, 0.05) is 13.1 Å². The Bertz CT molecular complexity index is 422. The summed E-state index contributed by atoms with van der Waals surface area (Å²) in [7, 11) is 5.19. The molecule has 0 radical (unpaired) electrons. The lowest BCUT2D eigenvalue weighted by atomic mass is 9.97. The van der Waals surface area contributed by atoms with Crippen molar-refractivity contribution in [2.75, 3.05) is 34.3 Å². The summed E-state index contributed by atoms with van der Waals surface area (Å²) < 4.78 is 17.7. The first-order valence-corrected chi connectivity index (χ1v) is 6.00. The maximum atomic E-state index is 12.9. The van der Waals surface area contributed by atoms with Gasteiger partial charge in [0.1, 0.15) is 5.82 Å². The molecule has 0 saturated carbocycles. The largest absolute Gasteiger partial charge is 0.467 e. The molecule has 1 unspecified atom stereocenters. The van der Waals surface area contributed by atoms with Crippen LogP contribution < -0.4 is 5.32 Å². The monoisotopic (exact) mass is 269 g/mol. The fourth-order valence-corrected chi connectivity index (χ4v) is 1.67. The molecule has 0 aliphatic heterocycles. The molecule has 0 saturated heterocycles. The van der Waals surface area contributed by atoms with E-state index in [2.05, 4.69) is 10.3 Å². The van der Waals surface area contributed by atoms with Crippen LogP contribution in [0.2, 0.25) is 0 Å². The van der Waals surface area contributed by atoms with Crippen LogP contribution in [-0.4, -0.2) is 50.1 Å². The third kappa shape index (κ3) is 3.97. The minimum Gasteiger partial charge on any atom is -0.467 e. The van der Waals surface area contributed by atoms with Gasteiger partial charge >= 0.3 is 5.97 Å². The van der Waals surface area contributed by atoms with Gasteiger partial charge in [-0.3, -0.25) is 10.3 Å². The number of halogens is 1. The zero-order chi connectivity index (χ0) is 14.5. The summed E-state index contributed by atoms with van der Waals surface area (Å²) >= 11 is 0. The Morgan fingerprint density at radius 1 is 1.53 bits per heavy atom. The van der Waals surface area contributed by atoms with E-state index in [1.807, 2.05) is 19.0 Å². The average Bonchev–Trinajstić information content (AvgIpc) is 2.37. The molecule has 1 N–H and O–H groups in total. The summed E-state index contributed by atoms with van der Waals surface area (Å²) in [5, 5.41) is 3.11. The first-order valence-electron chi connectivity index (χ1n) is 6.00. The van der Waals surface area contributed by atoms with Crippen LogP contribution in [0, 0.1) is 5.82 Å². The molecule has 1 rings (SSSR count). The molecule has 1 heterocycles. The van der Waals surface area contributed by atoms with E-state index >= 15 is 0 Å². The second-order valence-electron chi connectivity index (χ2n) is 4.71. The molecule has 0 spiro atoms. The zero-order valence-electron chi connectivity index (χ0n) is 11.7. The second-order valence-corrected chi connectivity index (χ2v) is 4.71. The molecule has 1 aromatic rings. The minimum absolute atomic E-state index is 0.430. The van der Waals surface area contributed by atoms with Crippen LogP contribution in [0.1, 0.15) is 12.6 Å². The minimum atomic E-state index is -1.08. The predicted molar refractivity (Wildman–Crippen MR) is 70.1 cm³/mol. The molecule has 6 heteroatoms. The number of aromatic nitrogens is 1. The molecule has 19 heavy (non-hydrogen) atoms. The number of likely N-dealkylation sites (N-methyl/N-ethyl adjacent to an activating group) is 1. The molecule has 0 amide bonds. The quantitative estimate of drug-likeness (QED) is 0.773. The van der Waals surface area contributed by atoms with Crippen molar-refractivity contribution in [1.82, 2.24) is 15.2 Å². The first-order chi connectivity index (χ1) is 8.90. The van der Waals surface area contributed by atoms with Crippen molar-refractivity contribution in [1.29, 1.82) is 0 Å². The summed E-state index contributed by atoms with van der Waals surface area (Å²) in [5.74, 6) is -0.894. The van der Waals surface area contributed by atoms with Gasteiger partial charge in [0.25, 0.3) is 0 Å². The number of carbonyl (C=O) groups is 1. The van der Waals surface area contributed by atoms with Gasteiger partial charge in [0.2, 0.25) is 0 Å². The number of hydrogen-bond donors (Lipinski definition) is 1. The van der Waals surface area contributed by atoms with Crippen molar-refractivity contribution in [2.24, 2.45) is 0 Å². The van der Waals surface area contributed by atoms with E-state index < -0.39 is 17.3 Å². The maximum absolute atomic E-state index is 12.9. The van der Waals surface area contributed by atoms with Gasteiger partial charge in [0.15, 0.2) is 5.54 Å². The van der Waals surface area contributed by atoms with E-state index in [9.17, 15) is 9.18 Å². The van der Waals surface area contributed by atoms with Gasteiger partial charge in [-0.2, -0.15) is 0 Å². The first kappa shape index (κ1) is 15.5. The van der Waals surface area contributed by atoms with Crippen LogP contribution in [0.15, 0.2) is 18.3 Å². The Morgan fingerprint density at radius 2 is 2.21 bits per heavy atom. The van der Waals surface area contributed by atoms with E-state index in [1.165, 1.54) is 19.2 Å². The van der Waals surface area contributed by atoms with Gasteiger partial charge in [0.05, 0.1) is 19.0 Å². The molecule has 1 aromatic heterocycles. The van der Waals surface area contributed by atoms with Crippen molar-refractivity contribution >= 4 is 5.97 Å². The molecule has 0 aliphatic carbocycles. The number of nitrogens with one attached hydrogen (secondary N) is 1. The highest BCUT2D eigenvalue weighted by molar-refractivity contribution is 5.81. The highest BCUT2D eigenvalue weighted by Gasteiger charge is 2.37. The van der Waals surface area contributed by atoms with E-state index in [4.69, 9.17) is 4.74 Å². The summed E-state index contributed by atoms with van der Waals surface area (Å²) in [6.07, 6.45) is 1.09. The number of ether oxygens (including phenoxy) is 1. The second kappa shape index (κ2) is 6.58. The van der Waals surface area contributed by atoms with Crippen LogP contribution in [0.4, 0.5) is 4.39 Å². The molecular weight excluding hydrogens is 249 g/mol. The summed E-state index contributed by atoms with van der Waals surface area (Å²) in [6, 6.07) is 2.76. The molecule has 106 valence electrons. The van der Waals surface area contributed by atoms with Crippen LogP contribution in [0.25, 0.3) is 0 Å². The SMILES string of the molecule is COC(=O)C(C)(NCCN(C)C)c1ccc(F)cn1. The van der Waals surface area contributed by atoms with E-state index in [-0.39, 0.29) is 0 Å². The lowest BCUT2D eigenvalue weighted by Gasteiger charge is -2.28. The molecule has 1 atom stereocenters. The van der Waals surface area contributed by atoms with Gasteiger partial charge in [-0.25, -0.2) is 9.18 Å². The fourth-order valence-electron chi connectivity index (χ4n) is 1.67. The van der Waals surface area contributed by atoms with Gasteiger partial charge in [-0.1, -0.05) is 0 Å². The normalized spacial score (nSPS) is 14.2. The number of carbonyl (C=O) groups excluding carboxylic acids is 1. The molecule has 0 aromatic carbocycles. The van der Waals surface area contributed by atoms with Crippen molar-refractivity contribution in [3.05, 3.63) is 29.8 Å². The lowest BCUT2D eigenvalue weighted by molar-refractivity contribution is -0.148. The topological polar surface area (TPSA) is 54.5 Å². The van der Waals surface area contributed by atoms with Crippen LogP contribution in [0.5, 0.6) is 0 Å². The summed E-state index contributed by atoms with van der Waals surface area (Å²) in [4.78, 5) is 17.9. The Labute approximate surface area is 112 Å². The van der Waals surface area contributed by atoms with Crippen molar-refractivity contribution < 1.29 is 13.9 Å². The maximum Gasteiger partial charge on any atom is 0.332 e. The number of nitrogens with zero attached hydrogens (tertiary/aromatic N) is 2. The van der Waals surface area contributed by atoms with Gasteiger partial charge < -0.3 is 9.64 Å². The Kier molecular flexibility index (Phi) is 5.38. The van der Waals surface area contributed by atoms with Gasteiger partial charge in [-0.15, -0.1) is 0 Å². The molecule has 0 bridgehead atoms. The average molecular weight is 269 g/mol. The summed E-state index contributed by atoms with van der Waals surface area (Å²) in [5.41, 5.74) is -0.655. The molecular formula is C13H20FN3O2.